The molecule has 0 aliphatic rings. The molecule has 12 heavy (non-hydrogen) atoms. The maximum Gasteiger partial charge on any atom is 0.0377 e. The maximum absolute atomic E-state index is 5.74. The van der Waals surface area contributed by atoms with Gasteiger partial charge in [0.1, 0.15) is 0 Å². The molecule has 2 nitrogen and oxygen atoms in total. The summed E-state index contributed by atoms with van der Waals surface area (Å²) in [5, 5.41) is 0. The number of unbranched alkanes of at least 4 members (excludes halogenated alkanes) is 1. The van der Waals surface area contributed by atoms with E-state index in [1.165, 1.54) is 0 Å². The quantitative estimate of drug-likeness (QED) is 0.544. The molecule has 0 fully saturated rings. The second kappa shape index (κ2) is 4.54. The number of nitrogens with zero attached hydrogens (tertiary/aromatic N) is 1. The zero-order chi connectivity index (χ0) is 8.81. The van der Waals surface area contributed by atoms with Crippen LogP contribution in [-0.2, 0) is 6.42 Å². The van der Waals surface area contributed by atoms with Crippen LogP contribution >= 0.6 is 0 Å². The van der Waals surface area contributed by atoms with Gasteiger partial charge in [-0.25, -0.2) is 0 Å². The van der Waals surface area contributed by atoms with Crippen LogP contribution in [0.25, 0.3) is 0 Å². The summed E-state index contributed by atoms with van der Waals surface area (Å²) in [6, 6.07) is 1.84. The summed E-state index contributed by atoms with van der Waals surface area (Å²) in [4.78, 5) is 4.02. The number of allylic oxidation sites excluding steroid dienone is 1. The van der Waals surface area contributed by atoms with Crippen molar-refractivity contribution in [3.05, 3.63) is 36.7 Å². The van der Waals surface area contributed by atoms with E-state index < -0.39 is 0 Å². The van der Waals surface area contributed by atoms with Crippen molar-refractivity contribution < 1.29 is 0 Å². The summed E-state index contributed by atoms with van der Waals surface area (Å²) in [5.74, 6) is 0. The lowest BCUT2D eigenvalue weighted by Crippen LogP contribution is -1.94. The fourth-order valence-corrected chi connectivity index (χ4v) is 1.08. The minimum absolute atomic E-state index is 0.842. The Morgan fingerprint density at radius 2 is 2.42 bits per heavy atom. The predicted molar refractivity (Wildman–Crippen MR) is 51.8 cm³/mol. The molecule has 2 heteroatoms. The molecule has 0 aliphatic carbocycles. The molecule has 0 aliphatic heterocycles. The number of hydrogen-bond acceptors (Lipinski definition) is 2. The van der Waals surface area contributed by atoms with Gasteiger partial charge < -0.3 is 5.73 Å². The Labute approximate surface area is 73.1 Å². The van der Waals surface area contributed by atoms with Gasteiger partial charge in [0.2, 0.25) is 0 Å². The average Bonchev–Trinajstić information content (AvgIpc) is 2.09. The lowest BCUT2D eigenvalue weighted by atomic mass is 10.1. The van der Waals surface area contributed by atoms with Crippen molar-refractivity contribution in [2.24, 2.45) is 0 Å². The standard InChI is InChI=1S/C10H14N2/c1-2-3-4-5-9-8-12-7-6-10(9)11/h2,6-8H,1,3-5H2,(H2,11,12). The van der Waals surface area contributed by atoms with Crippen molar-refractivity contribution >= 4 is 5.69 Å². The first-order valence-electron chi connectivity index (χ1n) is 4.14. The molecule has 64 valence electrons. The Balaban J connectivity index is 2.51. The summed E-state index contributed by atoms with van der Waals surface area (Å²) in [6.45, 7) is 3.67. The molecule has 1 heterocycles. The topological polar surface area (TPSA) is 38.9 Å². The lowest BCUT2D eigenvalue weighted by molar-refractivity contribution is 0.842. The number of nitrogens with two attached hydrogens (primary N) is 1. The lowest BCUT2D eigenvalue weighted by Gasteiger charge is -2.02. The summed E-state index contributed by atoms with van der Waals surface area (Å²) in [5.41, 5.74) is 7.72. The molecule has 0 bridgehead atoms. The molecular formula is C10H14N2. The Hall–Kier alpha value is -1.31. The molecule has 1 aromatic rings. The molecular weight excluding hydrogens is 148 g/mol. The number of aryl methyl sites for hydroxylation is 1. The zero-order valence-electron chi connectivity index (χ0n) is 7.16. The van der Waals surface area contributed by atoms with Gasteiger partial charge in [-0.3, -0.25) is 4.98 Å². The monoisotopic (exact) mass is 162 g/mol. The first-order chi connectivity index (χ1) is 5.84. The molecule has 0 radical (unpaired) electrons. The summed E-state index contributed by atoms with van der Waals surface area (Å²) in [6.07, 6.45) is 8.59. The van der Waals surface area contributed by atoms with Crippen molar-refractivity contribution in [1.82, 2.24) is 4.98 Å². The van der Waals surface area contributed by atoms with Crippen LogP contribution in [0, 0.1) is 0 Å². The van der Waals surface area contributed by atoms with Crippen LogP contribution in [0.3, 0.4) is 0 Å². The van der Waals surface area contributed by atoms with Crippen LogP contribution in [0.1, 0.15) is 18.4 Å². The van der Waals surface area contributed by atoms with Crippen LogP contribution in [0.5, 0.6) is 0 Å². The average molecular weight is 162 g/mol. The molecule has 2 N–H and O–H groups in total. The molecule has 0 saturated carbocycles. The van der Waals surface area contributed by atoms with Gasteiger partial charge in [0.05, 0.1) is 0 Å². The highest BCUT2D eigenvalue weighted by atomic mass is 14.7. The number of nitrogen functional groups attached to an aromatic ring is 1. The maximum atomic E-state index is 5.74. The zero-order valence-corrected chi connectivity index (χ0v) is 7.16. The van der Waals surface area contributed by atoms with Crippen LogP contribution in [-0.4, -0.2) is 4.98 Å². The van der Waals surface area contributed by atoms with E-state index in [0.717, 1.165) is 30.5 Å². The first-order valence-corrected chi connectivity index (χ1v) is 4.14. The van der Waals surface area contributed by atoms with Crippen molar-refractivity contribution in [2.75, 3.05) is 5.73 Å². The number of hydrogen-bond donors (Lipinski definition) is 1. The van der Waals surface area contributed by atoms with Gasteiger partial charge in [0, 0.05) is 18.1 Å². The van der Waals surface area contributed by atoms with Crippen molar-refractivity contribution in [1.29, 1.82) is 0 Å². The summed E-state index contributed by atoms with van der Waals surface area (Å²) >= 11 is 0. The van der Waals surface area contributed by atoms with Crippen LogP contribution in [0.4, 0.5) is 5.69 Å². The van der Waals surface area contributed by atoms with E-state index in [1.807, 2.05) is 18.3 Å². The number of aromatic nitrogens is 1. The molecule has 0 unspecified atom stereocenters. The SMILES string of the molecule is C=CCCCc1cnccc1N. The molecule has 0 aromatic carbocycles. The molecule has 0 amide bonds. The van der Waals surface area contributed by atoms with E-state index in [9.17, 15) is 0 Å². The van der Waals surface area contributed by atoms with E-state index in [2.05, 4.69) is 11.6 Å². The molecule has 0 saturated heterocycles. The summed E-state index contributed by atoms with van der Waals surface area (Å²) < 4.78 is 0. The van der Waals surface area contributed by atoms with E-state index in [4.69, 9.17) is 5.73 Å². The third kappa shape index (κ3) is 2.38. The molecule has 0 spiro atoms. The van der Waals surface area contributed by atoms with E-state index >= 15 is 0 Å². The third-order valence-corrected chi connectivity index (χ3v) is 1.80. The van der Waals surface area contributed by atoms with Gasteiger partial charge in [-0.2, -0.15) is 0 Å². The van der Waals surface area contributed by atoms with Gasteiger partial charge in [0.15, 0.2) is 0 Å². The third-order valence-electron chi connectivity index (χ3n) is 1.80. The highest BCUT2D eigenvalue weighted by molar-refractivity contribution is 5.44. The summed E-state index contributed by atoms with van der Waals surface area (Å²) in [7, 11) is 0. The van der Waals surface area contributed by atoms with Gasteiger partial charge in [-0.1, -0.05) is 6.08 Å². The van der Waals surface area contributed by atoms with Gasteiger partial charge in [-0.15, -0.1) is 6.58 Å². The fraction of sp³-hybridized carbons (Fsp3) is 0.300. The second-order valence-corrected chi connectivity index (χ2v) is 2.76. The van der Waals surface area contributed by atoms with Crippen molar-refractivity contribution in [3.8, 4) is 0 Å². The minimum Gasteiger partial charge on any atom is -0.398 e. The van der Waals surface area contributed by atoms with E-state index in [1.54, 1.807) is 6.20 Å². The number of rotatable bonds is 4. The molecule has 1 aromatic heterocycles. The smallest absolute Gasteiger partial charge is 0.0377 e. The Kier molecular flexibility index (Phi) is 3.33. The minimum atomic E-state index is 0.842. The molecule has 1 rings (SSSR count). The second-order valence-electron chi connectivity index (χ2n) is 2.76. The van der Waals surface area contributed by atoms with E-state index in [0.29, 0.717) is 0 Å². The fourth-order valence-electron chi connectivity index (χ4n) is 1.08. The van der Waals surface area contributed by atoms with Crippen molar-refractivity contribution in [3.63, 3.8) is 0 Å². The molecule has 0 atom stereocenters. The normalized spacial score (nSPS) is 9.67. The number of pyridine rings is 1. The number of anilines is 1. The van der Waals surface area contributed by atoms with E-state index in [-0.39, 0.29) is 0 Å². The highest BCUT2D eigenvalue weighted by Gasteiger charge is 1.96. The van der Waals surface area contributed by atoms with Crippen LogP contribution in [0.15, 0.2) is 31.1 Å². The predicted octanol–water partition coefficient (Wildman–Crippen LogP) is 2.17. The van der Waals surface area contributed by atoms with Gasteiger partial charge in [-0.05, 0) is 30.9 Å². The largest absolute Gasteiger partial charge is 0.398 e. The van der Waals surface area contributed by atoms with Gasteiger partial charge >= 0.3 is 0 Å². The van der Waals surface area contributed by atoms with Crippen LogP contribution < -0.4 is 5.73 Å². The van der Waals surface area contributed by atoms with Crippen molar-refractivity contribution in [2.45, 2.75) is 19.3 Å². The Morgan fingerprint density at radius 1 is 1.58 bits per heavy atom. The highest BCUT2D eigenvalue weighted by Crippen LogP contribution is 2.11. The van der Waals surface area contributed by atoms with Crippen LogP contribution in [0.2, 0.25) is 0 Å². The van der Waals surface area contributed by atoms with Gasteiger partial charge in [0.25, 0.3) is 0 Å². The first kappa shape index (κ1) is 8.78. The Bertz CT molecular complexity index is 256. The Morgan fingerprint density at radius 3 is 3.08 bits per heavy atom.